The predicted octanol–water partition coefficient (Wildman–Crippen LogP) is 0.748. The van der Waals surface area contributed by atoms with Gasteiger partial charge in [0.1, 0.15) is 0 Å². The normalized spacial score (nSPS) is 22.0. The highest BCUT2D eigenvalue weighted by Gasteiger charge is 2.26. The van der Waals surface area contributed by atoms with Gasteiger partial charge in [-0.05, 0) is 18.9 Å². The van der Waals surface area contributed by atoms with Crippen molar-refractivity contribution in [3.05, 3.63) is 0 Å². The lowest BCUT2D eigenvalue weighted by Gasteiger charge is -2.40. The summed E-state index contributed by atoms with van der Waals surface area (Å²) in [6.45, 7) is 13.6. The Kier molecular flexibility index (Phi) is 7.63. The van der Waals surface area contributed by atoms with Crippen LogP contribution in [-0.4, -0.2) is 67.6 Å². The molecule has 1 aliphatic heterocycles. The molecule has 3 N–H and O–H groups in total. The zero-order valence-electron chi connectivity index (χ0n) is 14.4. The van der Waals surface area contributed by atoms with Crippen molar-refractivity contribution in [2.24, 2.45) is 17.6 Å². The molecule has 1 rings (SSSR count). The van der Waals surface area contributed by atoms with Gasteiger partial charge in [0.15, 0.2) is 0 Å². The van der Waals surface area contributed by atoms with Crippen molar-refractivity contribution in [1.29, 1.82) is 0 Å². The molecule has 0 bridgehead atoms. The Balaban J connectivity index is 2.50. The number of hydrogen-bond acceptors (Lipinski definition) is 4. The lowest BCUT2D eigenvalue weighted by atomic mass is 9.98. The van der Waals surface area contributed by atoms with Crippen LogP contribution in [-0.2, 0) is 4.79 Å². The average Bonchev–Trinajstić information content (AvgIpc) is 2.47. The van der Waals surface area contributed by atoms with Gasteiger partial charge >= 0.3 is 0 Å². The summed E-state index contributed by atoms with van der Waals surface area (Å²) in [5.41, 5.74) is 6.00. The second-order valence-corrected chi connectivity index (χ2v) is 6.81. The van der Waals surface area contributed by atoms with Gasteiger partial charge in [0, 0.05) is 38.8 Å². The van der Waals surface area contributed by atoms with Gasteiger partial charge in [-0.3, -0.25) is 9.69 Å². The van der Waals surface area contributed by atoms with Crippen LogP contribution in [0.1, 0.15) is 34.1 Å². The first-order valence-electron chi connectivity index (χ1n) is 8.32. The van der Waals surface area contributed by atoms with E-state index < -0.39 is 6.04 Å². The Bertz CT molecular complexity index is 313. The Morgan fingerprint density at radius 2 is 1.76 bits per heavy atom. The standard InChI is InChI=1S/C16H34N4O/c1-6-13(4)15(17)16(21)18-11-14(12(2)3)20-9-7-19(5)8-10-20/h12-15H,6-11,17H2,1-5H3,(H,18,21)/t13-,14?,15-/m0/s1. The summed E-state index contributed by atoms with van der Waals surface area (Å²) in [4.78, 5) is 17.0. The minimum absolute atomic E-state index is 0.0101. The number of hydrogen-bond donors (Lipinski definition) is 2. The monoisotopic (exact) mass is 298 g/mol. The van der Waals surface area contributed by atoms with Gasteiger partial charge in [-0.25, -0.2) is 0 Å². The van der Waals surface area contributed by atoms with Crippen molar-refractivity contribution in [2.45, 2.75) is 46.2 Å². The fraction of sp³-hybridized carbons (Fsp3) is 0.938. The Morgan fingerprint density at radius 3 is 2.24 bits per heavy atom. The summed E-state index contributed by atoms with van der Waals surface area (Å²) >= 11 is 0. The van der Waals surface area contributed by atoms with Crippen LogP contribution in [0, 0.1) is 11.8 Å². The molecule has 1 aliphatic rings. The topological polar surface area (TPSA) is 61.6 Å². The molecular weight excluding hydrogens is 264 g/mol. The molecule has 1 unspecified atom stereocenters. The average molecular weight is 298 g/mol. The number of nitrogens with zero attached hydrogens (tertiary/aromatic N) is 2. The van der Waals surface area contributed by atoms with Crippen molar-refractivity contribution in [1.82, 2.24) is 15.1 Å². The van der Waals surface area contributed by atoms with E-state index in [0.717, 1.165) is 32.6 Å². The maximum Gasteiger partial charge on any atom is 0.237 e. The molecule has 1 fully saturated rings. The van der Waals surface area contributed by atoms with E-state index in [1.807, 2.05) is 6.92 Å². The quantitative estimate of drug-likeness (QED) is 0.728. The molecule has 0 aromatic rings. The van der Waals surface area contributed by atoms with Gasteiger partial charge in [-0.15, -0.1) is 0 Å². The largest absolute Gasteiger partial charge is 0.353 e. The first-order chi connectivity index (χ1) is 9.86. The van der Waals surface area contributed by atoms with Crippen LogP contribution >= 0.6 is 0 Å². The summed E-state index contributed by atoms with van der Waals surface area (Å²) in [7, 11) is 2.16. The molecule has 1 saturated heterocycles. The Labute approximate surface area is 130 Å². The van der Waals surface area contributed by atoms with E-state index in [1.54, 1.807) is 0 Å². The summed E-state index contributed by atoms with van der Waals surface area (Å²) < 4.78 is 0. The number of nitrogens with one attached hydrogen (secondary N) is 1. The number of carbonyl (C=O) groups is 1. The van der Waals surface area contributed by atoms with Gasteiger partial charge in [0.2, 0.25) is 5.91 Å². The van der Waals surface area contributed by atoms with Gasteiger partial charge in [0.25, 0.3) is 0 Å². The van der Waals surface area contributed by atoms with Crippen molar-refractivity contribution >= 4 is 5.91 Å². The maximum absolute atomic E-state index is 12.1. The molecule has 0 aromatic heterocycles. The van der Waals surface area contributed by atoms with E-state index in [4.69, 9.17) is 5.73 Å². The smallest absolute Gasteiger partial charge is 0.237 e. The summed E-state index contributed by atoms with van der Waals surface area (Å²) in [5.74, 6) is 0.740. The number of nitrogens with two attached hydrogens (primary N) is 1. The van der Waals surface area contributed by atoms with E-state index in [2.05, 4.69) is 42.9 Å². The molecule has 1 heterocycles. The number of piperazine rings is 1. The molecule has 5 heteroatoms. The number of carbonyl (C=O) groups excluding carboxylic acids is 1. The van der Waals surface area contributed by atoms with E-state index >= 15 is 0 Å². The third-order valence-corrected chi connectivity index (χ3v) is 4.82. The molecule has 1 amide bonds. The molecule has 3 atom stereocenters. The van der Waals surface area contributed by atoms with Crippen molar-refractivity contribution < 1.29 is 4.79 Å². The fourth-order valence-electron chi connectivity index (χ4n) is 2.78. The number of likely N-dealkylation sites (N-methyl/N-ethyl adjacent to an activating group) is 1. The molecule has 0 saturated carbocycles. The van der Waals surface area contributed by atoms with Gasteiger partial charge in [0.05, 0.1) is 6.04 Å². The third kappa shape index (κ3) is 5.57. The second kappa shape index (κ2) is 8.71. The van der Waals surface area contributed by atoms with Crippen molar-refractivity contribution in [2.75, 3.05) is 39.8 Å². The second-order valence-electron chi connectivity index (χ2n) is 6.81. The fourth-order valence-corrected chi connectivity index (χ4v) is 2.78. The third-order valence-electron chi connectivity index (χ3n) is 4.82. The van der Waals surface area contributed by atoms with Crippen LogP contribution in [0.4, 0.5) is 0 Å². The Hall–Kier alpha value is -0.650. The molecule has 0 radical (unpaired) electrons. The molecule has 21 heavy (non-hydrogen) atoms. The highest BCUT2D eigenvalue weighted by Crippen LogP contribution is 2.13. The van der Waals surface area contributed by atoms with E-state index in [-0.39, 0.29) is 11.8 Å². The molecular formula is C16H34N4O. The first-order valence-corrected chi connectivity index (χ1v) is 8.32. The van der Waals surface area contributed by atoms with E-state index in [1.165, 1.54) is 0 Å². The summed E-state index contributed by atoms with van der Waals surface area (Å²) in [6.07, 6.45) is 0.931. The van der Waals surface area contributed by atoms with Crippen LogP contribution in [0.25, 0.3) is 0 Å². The summed E-state index contributed by atoms with van der Waals surface area (Å²) in [6, 6.07) is 0.00193. The zero-order valence-corrected chi connectivity index (χ0v) is 14.4. The lowest BCUT2D eigenvalue weighted by molar-refractivity contribution is -0.123. The first kappa shape index (κ1) is 18.4. The molecule has 124 valence electrons. The maximum atomic E-state index is 12.1. The molecule has 0 aliphatic carbocycles. The van der Waals surface area contributed by atoms with Gasteiger partial charge in [-0.1, -0.05) is 34.1 Å². The van der Waals surface area contributed by atoms with Crippen LogP contribution in [0.5, 0.6) is 0 Å². The van der Waals surface area contributed by atoms with E-state index in [9.17, 15) is 4.79 Å². The molecule has 0 aromatic carbocycles. The zero-order chi connectivity index (χ0) is 16.0. The molecule has 0 spiro atoms. The van der Waals surface area contributed by atoms with Crippen LogP contribution in [0.2, 0.25) is 0 Å². The predicted molar refractivity (Wildman–Crippen MR) is 88.1 cm³/mol. The number of rotatable bonds is 7. The highest BCUT2D eigenvalue weighted by atomic mass is 16.2. The minimum atomic E-state index is -0.393. The van der Waals surface area contributed by atoms with E-state index in [0.29, 0.717) is 18.5 Å². The molecule has 5 nitrogen and oxygen atoms in total. The minimum Gasteiger partial charge on any atom is -0.353 e. The van der Waals surface area contributed by atoms with Crippen LogP contribution < -0.4 is 11.1 Å². The highest BCUT2D eigenvalue weighted by molar-refractivity contribution is 5.81. The lowest BCUT2D eigenvalue weighted by Crippen LogP contribution is -2.55. The SMILES string of the molecule is CC[C@H](C)[C@H](N)C(=O)NCC(C(C)C)N1CCN(C)CC1. The van der Waals surface area contributed by atoms with Crippen molar-refractivity contribution in [3.8, 4) is 0 Å². The summed E-state index contributed by atoms with van der Waals surface area (Å²) in [5, 5.41) is 3.07. The Morgan fingerprint density at radius 1 is 1.19 bits per heavy atom. The van der Waals surface area contributed by atoms with Crippen LogP contribution in [0.3, 0.4) is 0 Å². The van der Waals surface area contributed by atoms with Gasteiger partial charge in [-0.2, -0.15) is 0 Å². The van der Waals surface area contributed by atoms with Gasteiger partial charge < -0.3 is 16.0 Å². The van der Waals surface area contributed by atoms with Crippen LogP contribution in [0.15, 0.2) is 0 Å². The number of amides is 1. The van der Waals surface area contributed by atoms with Crippen molar-refractivity contribution in [3.63, 3.8) is 0 Å².